The molecule has 3 rings (SSSR count). The highest BCUT2D eigenvalue weighted by atomic mass is 16.6. The average Bonchev–Trinajstić information content (AvgIpc) is 2.76. The third-order valence-electron chi connectivity index (χ3n) is 7.15. The topological polar surface area (TPSA) is 92.2 Å². The van der Waals surface area contributed by atoms with Crippen LogP contribution in [0.4, 0.5) is 10.5 Å². The van der Waals surface area contributed by atoms with Gasteiger partial charge in [-0.3, -0.25) is 4.98 Å². The number of piperidine rings is 1. The Kier molecular flexibility index (Phi) is 8.56. The number of anilines is 1. The quantitative estimate of drug-likeness (QED) is 0.479. The van der Waals surface area contributed by atoms with Crippen molar-refractivity contribution in [2.24, 2.45) is 5.41 Å². The van der Waals surface area contributed by atoms with Gasteiger partial charge in [0.05, 0.1) is 11.3 Å². The molecule has 0 aromatic carbocycles. The lowest BCUT2D eigenvalue weighted by molar-refractivity contribution is -0.160. The van der Waals surface area contributed by atoms with Crippen LogP contribution in [0.3, 0.4) is 0 Å². The van der Waals surface area contributed by atoms with Crippen molar-refractivity contribution < 1.29 is 24.2 Å². The SMILES string of the molecule is Cc1nc(C)c([C@H](OC(C)(C)C)C(=O)O)c(N2CCC(C)(C)CC2)c1C1=CCN(C(=O)OC(C)(C)C)CC1. The number of aryl methyl sites for hydroxylation is 2. The highest BCUT2D eigenvalue weighted by Gasteiger charge is 2.37. The van der Waals surface area contributed by atoms with E-state index in [0.717, 1.165) is 48.4 Å². The molecule has 0 spiro atoms. The number of aromatic nitrogens is 1. The van der Waals surface area contributed by atoms with Gasteiger partial charge in [0.1, 0.15) is 5.60 Å². The standard InChI is InChI=1S/C30H47N3O5/c1-19-22(21-11-15-33(16-12-21)27(36)38-29(6,7)8)24(32-17-13-30(9,10)14-18-32)23(20(2)31-19)25(26(34)35)37-28(3,4)5/h11,25H,12-18H2,1-10H3,(H,34,35)/t25-/m0/s1. The number of carbonyl (C=O) groups excluding carboxylic acids is 1. The van der Waals surface area contributed by atoms with Crippen molar-refractivity contribution in [3.05, 3.63) is 28.6 Å². The first-order valence-corrected chi connectivity index (χ1v) is 13.7. The fraction of sp³-hybridized carbons (Fsp3) is 0.700. The van der Waals surface area contributed by atoms with Crippen molar-refractivity contribution in [3.63, 3.8) is 0 Å². The summed E-state index contributed by atoms with van der Waals surface area (Å²) in [6.45, 7) is 22.3. The molecule has 0 bridgehead atoms. The Morgan fingerprint density at radius 3 is 2.08 bits per heavy atom. The van der Waals surface area contributed by atoms with Crippen LogP contribution in [-0.4, -0.2) is 64.4 Å². The molecule has 0 aliphatic carbocycles. The second kappa shape index (κ2) is 10.9. The third kappa shape index (κ3) is 7.28. The number of aliphatic carboxylic acids is 1. The molecule has 8 heteroatoms. The molecule has 1 atom stereocenters. The van der Waals surface area contributed by atoms with Gasteiger partial charge >= 0.3 is 12.1 Å². The summed E-state index contributed by atoms with van der Waals surface area (Å²) in [4.78, 5) is 34.2. The Balaban J connectivity index is 2.13. The van der Waals surface area contributed by atoms with Gasteiger partial charge < -0.3 is 24.4 Å². The summed E-state index contributed by atoms with van der Waals surface area (Å²) in [5.74, 6) is -1.02. The molecule has 0 unspecified atom stereocenters. The molecule has 2 aliphatic rings. The molecular weight excluding hydrogens is 482 g/mol. The molecule has 3 heterocycles. The Morgan fingerprint density at radius 2 is 1.61 bits per heavy atom. The van der Waals surface area contributed by atoms with Crippen molar-refractivity contribution in [2.75, 3.05) is 31.1 Å². The second-order valence-corrected chi connectivity index (χ2v) is 13.4. The zero-order chi connectivity index (χ0) is 28.6. The Morgan fingerprint density at radius 1 is 1.00 bits per heavy atom. The van der Waals surface area contributed by atoms with Gasteiger partial charge in [0, 0.05) is 48.7 Å². The number of hydrogen-bond acceptors (Lipinski definition) is 6. The van der Waals surface area contributed by atoms with Gasteiger partial charge in [0.2, 0.25) is 0 Å². The lowest BCUT2D eigenvalue weighted by Gasteiger charge is -2.41. The van der Waals surface area contributed by atoms with E-state index >= 15 is 0 Å². The molecule has 1 saturated heterocycles. The van der Waals surface area contributed by atoms with E-state index in [4.69, 9.17) is 14.5 Å². The van der Waals surface area contributed by atoms with Crippen LogP contribution in [0.25, 0.3) is 5.57 Å². The lowest BCUT2D eigenvalue weighted by atomic mass is 9.81. The van der Waals surface area contributed by atoms with E-state index in [1.54, 1.807) is 4.90 Å². The van der Waals surface area contributed by atoms with Gasteiger partial charge in [-0.1, -0.05) is 19.9 Å². The molecule has 1 aromatic rings. The lowest BCUT2D eigenvalue weighted by Crippen LogP contribution is -2.40. The van der Waals surface area contributed by atoms with Gasteiger partial charge in [-0.2, -0.15) is 0 Å². The molecule has 1 fully saturated rings. The number of carboxylic acids is 1. The minimum atomic E-state index is -1.14. The van der Waals surface area contributed by atoms with E-state index in [2.05, 4.69) is 24.8 Å². The summed E-state index contributed by atoms with van der Waals surface area (Å²) >= 11 is 0. The summed E-state index contributed by atoms with van der Waals surface area (Å²) in [5, 5.41) is 10.3. The summed E-state index contributed by atoms with van der Waals surface area (Å²) in [7, 11) is 0. The van der Waals surface area contributed by atoms with Crippen LogP contribution >= 0.6 is 0 Å². The zero-order valence-electron chi connectivity index (χ0n) is 25.0. The fourth-order valence-electron chi connectivity index (χ4n) is 5.18. The first-order valence-electron chi connectivity index (χ1n) is 13.7. The molecule has 212 valence electrons. The summed E-state index contributed by atoms with van der Waals surface area (Å²) in [6.07, 6.45) is 3.25. The number of carbonyl (C=O) groups is 2. The van der Waals surface area contributed by atoms with E-state index in [9.17, 15) is 14.7 Å². The van der Waals surface area contributed by atoms with E-state index in [1.165, 1.54) is 0 Å². The molecule has 0 saturated carbocycles. The monoisotopic (exact) mass is 529 g/mol. The van der Waals surface area contributed by atoms with E-state index in [-0.39, 0.29) is 11.5 Å². The van der Waals surface area contributed by atoms with Crippen molar-refractivity contribution in [2.45, 2.75) is 106 Å². The first kappa shape index (κ1) is 29.9. The smallest absolute Gasteiger partial charge is 0.410 e. The largest absolute Gasteiger partial charge is 0.479 e. The fourth-order valence-corrected chi connectivity index (χ4v) is 5.18. The van der Waals surface area contributed by atoms with E-state index < -0.39 is 23.3 Å². The summed E-state index contributed by atoms with van der Waals surface area (Å²) < 4.78 is 11.7. The molecular formula is C30H47N3O5. The van der Waals surface area contributed by atoms with Crippen LogP contribution in [0.1, 0.15) is 103 Å². The molecule has 8 nitrogen and oxygen atoms in total. The Labute approximate surface area is 228 Å². The molecule has 2 aliphatic heterocycles. The maximum Gasteiger partial charge on any atom is 0.410 e. The predicted molar refractivity (Wildman–Crippen MR) is 151 cm³/mol. The van der Waals surface area contributed by atoms with Crippen molar-refractivity contribution in [3.8, 4) is 0 Å². The molecule has 1 N–H and O–H groups in total. The molecule has 1 aromatic heterocycles. The molecule has 38 heavy (non-hydrogen) atoms. The van der Waals surface area contributed by atoms with E-state index in [0.29, 0.717) is 30.8 Å². The van der Waals surface area contributed by atoms with Gasteiger partial charge in [0.15, 0.2) is 6.10 Å². The Hall–Kier alpha value is -2.61. The number of hydrogen-bond donors (Lipinski definition) is 1. The number of ether oxygens (including phenoxy) is 2. The number of rotatable bonds is 5. The van der Waals surface area contributed by atoms with Gasteiger partial charge in [-0.25, -0.2) is 9.59 Å². The van der Waals surface area contributed by atoms with Crippen LogP contribution in [0.5, 0.6) is 0 Å². The first-order chi connectivity index (χ1) is 17.4. The van der Waals surface area contributed by atoms with Crippen LogP contribution in [0.2, 0.25) is 0 Å². The second-order valence-electron chi connectivity index (χ2n) is 13.4. The van der Waals surface area contributed by atoms with Gasteiger partial charge in [0.25, 0.3) is 0 Å². The van der Waals surface area contributed by atoms with E-state index in [1.807, 2.05) is 55.4 Å². The summed E-state index contributed by atoms with van der Waals surface area (Å²) in [6, 6.07) is 0. The average molecular weight is 530 g/mol. The maximum absolute atomic E-state index is 12.7. The van der Waals surface area contributed by atoms with Crippen molar-refractivity contribution >= 4 is 23.3 Å². The van der Waals surface area contributed by atoms with Crippen LogP contribution in [0.15, 0.2) is 6.08 Å². The predicted octanol–water partition coefficient (Wildman–Crippen LogP) is 6.29. The van der Waals surface area contributed by atoms with Crippen molar-refractivity contribution in [1.29, 1.82) is 0 Å². The van der Waals surface area contributed by atoms with Crippen molar-refractivity contribution in [1.82, 2.24) is 9.88 Å². The molecule has 0 radical (unpaired) electrons. The van der Waals surface area contributed by atoms with Crippen LogP contribution < -0.4 is 4.90 Å². The molecule has 1 amide bonds. The highest BCUT2D eigenvalue weighted by molar-refractivity contribution is 5.86. The Bertz CT molecular complexity index is 1080. The minimum absolute atomic E-state index is 0.236. The number of pyridine rings is 1. The van der Waals surface area contributed by atoms with Gasteiger partial charge in [-0.15, -0.1) is 0 Å². The number of amides is 1. The number of carboxylic acid groups (broad SMARTS) is 1. The third-order valence-corrected chi connectivity index (χ3v) is 7.15. The maximum atomic E-state index is 12.7. The summed E-state index contributed by atoms with van der Waals surface area (Å²) in [5.41, 5.74) is 4.16. The normalized spacial score (nSPS) is 19.2. The zero-order valence-corrected chi connectivity index (χ0v) is 25.0. The highest BCUT2D eigenvalue weighted by Crippen LogP contribution is 2.44. The van der Waals surface area contributed by atoms with Gasteiger partial charge in [-0.05, 0) is 85.6 Å². The number of nitrogens with zero attached hydrogens (tertiary/aromatic N) is 3. The van der Waals surface area contributed by atoms with Crippen LogP contribution in [-0.2, 0) is 14.3 Å². The van der Waals surface area contributed by atoms with Crippen LogP contribution in [0, 0.1) is 19.3 Å². The minimum Gasteiger partial charge on any atom is -0.479 e.